The lowest BCUT2D eigenvalue weighted by Crippen LogP contribution is -2.28. The summed E-state index contributed by atoms with van der Waals surface area (Å²) in [4.78, 5) is 21.3. The molecule has 0 bridgehead atoms. The summed E-state index contributed by atoms with van der Waals surface area (Å²) in [6.07, 6.45) is 12.0. The SMILES string of the molecule is O=c1ccc2ncc(Cl)cc2n1CCCC1=CCCC(NCc2cc3c(cn2)OCCO3)CC1. The maximum Gasteiger partial charge on any atom is 0.251 e. The van der Waals surface area contributed by atoms with Gasteiger partial charge in [0.15, 0.2) is 11.5 Å². The van der Waals surface area contributed by atoms with E-state index in [1.54, 1.807) is 29.1 Å². The molecule has 7 nitrogen and oxygen atoms in total. The molecule has 34 heavy (non-hydrogen) atoms. The highest BCUT2D eigenvalue weighted by molar-refractivity contribution is 6.31. The van der Waals surface area contributed by atoms with Gasteiger partial charge in [-0.1, -0.05) is 23.3 Å². The number of ether oxygens (including phenoxy) is 2. The lowest BCUT2D eigenvalue weighted by atomic mass is 10.0. The van der Waals surface area contributed by atoms with E-state index in [-0.39, 0.29) is 5.56 Å². The smallest absolute Gasteiger partial charge is 0.251 e. The molecular weight excluding hydrogens is 452 g/mol. The summed E-state index contributed by atoms with van der Waals surface area (Å²) in [5.41, 5.74) is 4.03. The summed E-state index contributed by atoms with van der Waals surface area (Å²) in [7, 11) is 0. The number of fused-ring (bicyclic) bond motifs is 2. The minimum Gasteiger partial charge on any atom is -0.486 e. The van der Waals surface area contributed by atoms with Gasteiger partial charge in [-0.25, -0.2) is 0 Å². The van der Waals surface area contributed by atoms with Gasteiger partial charge < -0.3 is 19.4 Å². The van der Waals surface area contributed by atoms with Gasteiger partial charge in [0.2, 0.25) is 0 Å². The molecule has 0 fully saturated rings. The van der Waals surface area contributed by atoms with E-state index >= 15 is 0 Å². The maximum atomic E-state index is 12.4. The van der Waals surface area contributed by atoms with Gasteiger partial charge in [-0.05, 0) is 50.7 Å². The largest absolute Gasteiger partial charge is 0.486 e. The molecule has 178 valence electrons. The molecule has 0 saturated carbocycles. The number of aryl methyl sites for hydroxylation is 1. The first-order valence-electron chi connectivity index (χ1n) is 12.0. The first-order chi connectivity index (χ1) is 16.7. The van der Waals surface area contributed by atoms with E-state index in [1.165, 1.54) is 5.57 Å². The van der Waals surface area contributed by atoms with Crippen molar-refractivity contribution in [2.24, 2.45) is 0 Å². The Morgan fingerprint density at radius 3 is 2.88 bits per heavy atom. The van der Waals surface area contributed by atoms with Crippen LogP contribution in [0.3, 0.4) is 0 Å². The molecule has 0 aromatic carbocycles. The van der Waals surface area contributed by atoms with Crippen LogP contribution in [0.2, 0.25) is 5.02 Å². The van der Waals surface area contributed by atoms with Crippen molar-refractivity contribution >= 4 is 22.6 Å². The Balaban J connectivity index is 1.11. The zero-order valence-electron chi connectivity index (χ0n) is 19.1. The van der Waals surface area contributed by atoms with Gasteiger partial charge in [0.25, 0.3) is 5.56 Å². The zero-order chi connectivity index (χ0) is 23.3. The van der Waals surface area contributed by atoms with Gasteiger partial charge >= 0.3 is 0 Å². The van der Waals surface area contributed by atoms with E-state index < -0.39 is 0 Å². The molecule has 1 aliphatic carbocycles. The van der Waals surface area contributed by atoms with Crippen LogP contribution in [0.4, 0.5) is 0 Å². The van der Waals surface area contributed by atoms with Crippen LogP contribution in [0.5, 0.6) is 11.5 Å². The monoisotopic (exact) mass is 480 g/mol. The fourth-order valence-electron chi connectivity index (χ4n) is 4.70. The highest BCUT2D eigenvalue weighted by atomic mass is 35.5. The van der Waals surface area contributed by atoms with E-state index in [9.17, 15) is 4.79 Å². The molecule has 8 heteroatoms. The fraction of sp³-hybridized carbons (Fsp3) is 0.423. The molecule has 5 rings (SSSR count). The number of hydrogen-bond donors (Lipinski definition) is 1. The molecule has 4 heterocycles. The highest BCUT2D eigenvalue weighted by Gasteiger charge is 2.16. The van der Waals surface area contributed by atoms with Crippen LogP contribution in [-0.4, -0.2) is 33.8 Å². The standard InChI is InChI=1S/C26H29ClN4O3/c27-19-13-23-22(30-15-19)8-9-26(32)31(23)10-2-4-18-3-1-5-20(7-6-18)28-16-21-14-24-25(17-29-21)34-12-11-33-24/h3,8-9,13-15,17,20,28H,1-2,4-7,10-12,16H2. The third-order valence-electron chi connectivity index (χ3n) is 6.50. The molecule has 1 unspecified atom stereocenters. The molecular formula is C26H29ClN4O3. The fourth-order valence-corrected chi connectivity index (χ4v) is 4.85. The highest BCUT2D eigenvalue weighted by Crippen LogP contribution is 2.29. The van der Waals surface area contributed by atoms with Crippen LogP contribution >= 0.6 is 11.6 Å². The van der Waals surface area contributed by atoms with Crippen LogP contribution < -0.4 is 20.3 Å². The van der Waals surface area contributed by atoms with E-state index in [4.69, 9.17) is 21.1 Å². The second-order valence-corrected chi connectivity index (χ2v) is 9.30. The third-order valence-corrected chi connectivity index (χ3v) is 6.71. The molecule has 0 radical (unpaired) electrons. The van der Waals surface area contributed by atoms with Crippen molar-refractivity contribution in [2.75, 3.05) is 13.2 Å². The van der Waals surface area contributed by atoms with Gasteiger partial charge in [-0.2, -0.15) is 0 Å². The number of allylic oxidation sites excluding steroid dienone is 2. The average molecular weight is 481 g/mol. The molecule has 1 N–H and O–H groups in total. The van der Waals surface area contributed by atoms with Gasteiger partial charge in [-0.3, -0.25) is 14.8 Å². The van der Waals surface area contributed by atoms with Crippen molar-refractivity contribution in [3.8, 4) is 11.5 Å². The van der Waals surface area contributed by atoms with Crippen molar-refractivity contribution < 1.29 is 9.47 Å². The molecule has 0 saturated heterocycles. The Labute approximate surface area is 203 Å². The zero-order valence-corrected chi connectivity index (χ0v) is 19.9. The number of nitrogens with zero attached hydrogens (tertiary/aromatic N) is 3. The molecule has 2 aliphatic rings. The van der Waals surface area contributed by atoms with Crippen LogP contribution in [-0.2, 0) is 13.1 Å². The summed E-state index contributed by atoms with van der Waals surface area (Å²) in [6.45, 7) is 2.54. The van der Waals surface area contributed by atoms with Gasteiger partial charge in [0, 0.05) is 37.5 Å². The minimum atomic E-state index is -0.0107. The van der Waals surface area contributed by atoms with Gasteiger partial charge in [0.05, 0.1) is 27.9 Å². The number of rotatable bonds is 7. The molecule has 3 aromatic rings. The van der Waals surface area contributed by atoms with E-state index in [0.29, 0.717) is 30.8 Å². The molecule has 1 aliphatic heterocycles. The van der Waals surface area contributed by atoms with E-state index in [2.05, 4.69) is 21.4 Å². The number of hydrogen-bond acceptors (Lipinski definition) is 6. The number of nitrogens with one attached hydrogen (secondary N) is 1. The minimum absolute atomic E-state index is 0.0107. The van der Waals surface area contributed by atoms with Crippen molar-refractivity contribution in [1.82, 2.24) is 19.9 Å². The summed E-state index contributed by atoms with van der Waals surface area (Å²) in [6, 6.07) is 7.59. The Hall–Kier alpha value is -2.90. The summed E-state index contributed by atoms with van der Waals surface area (Å²) in [5.74, 6) is 1.51. The Morgan fingerprint density at radius 2 is 1.97 bits per heavy atom. The second kappa shape index (κ2) is 10.6. The van der Waals surface area contributed by atoms with Gasteiger partial charge in [0.1, 0.15) is 13.2 Å². The Kier molecular flexibility index (Phi) is 7.11. The maximum absolute atomic E-state index is 12.4. The number of pyridine rings is 3. The second-order valence-electron chi connectivity index (χ2n) is 8.86. The van der Waals surface area contributed by atoms with Crippen molar-refractivity contribution in [3.05, 3.63) is 69.4 Å². The number of aromatic nitrogens is 3. The number of halogens is 1. The van der Waals surface area contributed by atoms with Gasteiger partial charge in [-0.15, -0.1) is 0 Å². The Morgan fingerprint density at radius 1 is 1.09 bits per heavy atom. The van der Waals surface area contributed by atoms with Crippen molar-refractivity contribution in [3.63, 3.8) is 0 Å². The topological polar surface area (TPSA) is 78.3 Å². The summed E-state index contributed by atoms with van der Waals surface area (Å²) in [5, 5.41) is 4.21. The van der Waals surface area contributed by atoms with Crippen LogP contribution in [0.15, 0.2) is 53.1 Å². The quantitative estimate of drug-likeness (QED) is 0.496. The Bertz CT molecular complexity index is 1260. The van der Waals surface area contributed by atoms with Crippen LogP contribution in [0, 0.1) is 0 Å². The lowest BCUT2D eigenvalue weighted by Gasteiger charge is -2.20. The normalized spacial score (nSPS) is 17.9. The average Bonchev–Trinajstić information content (AvgIpc) is 3.09. The van der Waals surface area contributed by atoms with E-state index in [1.807, 2.05) is 12.1 Å². The predicted octanol–water partition coefficient (Wildman–Crippen LogP) is 4.66. The lowest BCUT2D eigenvalue weighted by molar-refractivity contribution is 0.170. The van der Waals surface area contributed by atoms with Crippen molar-refractivity contribution in [1.29, 1.82) is 0 Å². The molecule has 0 spiro atoms. The van der Waals surface area contributed by atoms with Crippen molar-refractivity contribution in [2.45, 2.75) is 57.7 Å². The summed E-state index contributed by atoms with van der Waals surface area (Å²) < 4.78 is 13.0. The van der Waals surface area contributed by atoms with E-state index in [0.717, 1.165) is 73.3 Å². The molecule has 0 amide bonds. The first kappa shape index (κ1) is 22.9. The first-order valence-corrected chi connectivity index (χ1v) is 12.3. The molecule has 1 atom stereocenters. The van der Waals surface area contributed by atoms with Crippen LogP contribution in [0.1, 0.15) is 44.2 Å². The third kappa shape index (κ3) is 5.42. The summed E-state index contributed by atoms with van der Waals surface area (Å²) >= 11 is 6.12. The predicted molar refractivity (Wildman–Crippen MR) is 133 cm³/mol. The molecule has 3 aromatic heterocycles. The van der Waals surface area contributed by atoms with Crippen LogP contribution in [0.25, 0.3) is 11.0 Å².